The average Bonchev–Trinajstić information content (AvgIpc) is 2.52. The van der Waals surface area contributed by atoms with Gasteiger partial charge >= 0.3 is 5.97 Å². The van der Waals surface area contributed by atoms with Crippen LogP contribution in [-0.4, -0.2) is 40.5 Å². The summed E-state index contributed by atoms with van der Waals surface area (Å²) in [6, 6.07) is 5.16. The van der Waals surface area contributed by atoms with Crippen molar-refractivity contribution < 1.29 is 23.9 Å². The van der Waals surface area contributed by atoms with E-state index in [0.29, 0.717) is 0 Å². The SMILES string of the molecule is CC(=O)N1C=Cc2ccccc2C1CC(=O)NC(CF)C(=O)O. The van der Waals surface area contributed by atoms with Crippen LogP contribution in [0.4, 0.5) is 4.39 Å². The van der Waals surface area contributed by atoms with Crippen LogP contribution in [0.25, 0.3) is 6.08 Å². The summed E-state index contributed by atoms with van der Waals surface area (Å²) in [5.74, 6) is -2.31. The summed E-state index contributed by atoms with van der Waals surface area (Å²) in [6.07, 6.45) is 3.21. The van der Waals surface area contributed by atoms with Crippen LogP contribution < -0.4 is 5.32 Å². The molecule has 1 heterocycles. The van der Waals surface area contributed by atoms with Crippen molar-refractivity contribution in [2.24, 2.45) is 0 Å². The van der Waals surface area contributed by atoms with E-state index in [0.717, 1.165) is 11.1 Å². The fourth-order valence-corrected chi connectivity index (χ4v) is 2.51. The lowest BCUT2D eigenvalue weighted by Gasteiger charge is -2.32. The predicted octanol–water partition coefficient (Wildman–Crippen LogP) is 1.49. The number of halogens is 1. The van der Waals surface area contributed by atoms with Crippen molar-refractivity contribution in [3.63, 3.8) is 0 Å². The highest BCUT2D eigenvalue weighted by molar-refractivity contribution is 5.85. The highest BCUT2D eigenvalue weighted by atomic mass is 19.1. The third kappa shape index (κ3) is 3.74. The van der Waals surface area contributed by atoms with Crippen LogP contribution in [0.3, 0.4) is 0 Å². The molecule has 0 aliphatic carbocycles. The highest BCUT2D eigenvalue weighted by Crippen LogP contribution is 2.32. The van der Waals surface area contributed by atoms with Gasteiger partial charge in [-0.1, -0.05) is 24.3 Å². The molecule has 6 nitrogen and oxygen atoms in total. The Morgan fingerprint density at radius 1 is 1.35 bits per heavy atom. The zero-order chi connectivity index (χ0) is 17.0. The van der Waals surface area contributed by atoms with E-state index >= 15 is 0 Å². The normalized spacial score (nSPS) is 17.3. The smallest absolute Gasteiger partial charge is 0.328 e. The minimum atomic E-state index is -1.58. The number of hydrogen-bond donors (Lipinski definition) is 2. The lowest BCUT2D eigenvalue weighted by Crippen LogP contribution is -2.44. The van der Waals surface area contributed by atoms with Gasteiger partial charge in [-0.05, 0) is 17.2 Å². The van der Waals surface area contributed by atoms with Gasteiger partial charge in [-0.15, -0.1) is 0 Å². The van der Waals surface area contributed by atoms with Gasteiger partial charge in [-0.25, -0.2) is 9.18 Å². The Balaban J connectivity index is 2.21. The van der Waals surface area contributed by atoms with Crippen molar-refractivity contribution in [2.75, 3.05) is 6.67 Å². The molecule has 0 spiro atoms. The molecule has 1 aromatic carbocycles. The van der Waals surface area contributed by atoms with Gasteiger partial charge in [-0.3, -0.25) is 9.59 Å². The first-order valence-corrected chi connectivity index (χ1v) is 7.08. The summed E-state index contributed by atoms with van der Waals surface area (Å²) in [4.78, 5) is 36.0. The molecule has 0 radical (unpaired) electrons. The van der Waals surface area contributed by atoms with Crippen LogP contribution in [0.1, 0.15) is 30.5 Å². The second-order valence-corrected chi connectivity index (χ2v) is 5.20. The summed E-state index contributed by atoms with van der Waals surface area (Å²) < 4.78 is 12.6. The number of nitrogens with one attached hydrogen (secondary N) is 1. The van der Waals surface area contributed by atoms with E-state index in [-0.39, 0.29) is 12.3 Å². The molecule has 2 rings (SSSR count). The Labute approximate surface area is 132 Å². The van der Waals surface area contributed by atoms with Gasteiger partial charge in [0.25, 0.3) is 0 Å². The fourth-order valence-electron chi connectivity index (χ4n) is 2.51. The Hall–Kier alpha value is -2.70. The molecule has 0 saturated heterocycles. The second-order valence-electron chi connectivity index (χ2n) is 5.20. The van der Waals surface area contributed by atoms with Gasteiger partial charge < -0.3 is 15.3 Å². The molecule has 1 aliphatic heterocycles. The van der Waals surface area contributed by atoms with Crippen LogP contribution in [0.5, 0.6) is 0 Å². The minimum Gasteiger partial charge on any atom is -0.480 e. The van der Waals surface area contributed by atoms with E-state index in [4.69, 9.17) is 5.11 Å². The number of carboxylic acids is 1. The average molecular weight is 320 g/mol. The molecule has 122 valence electrons. The zero-order valence-corrected chi connectivity index (χ0v) is 12.5. The van der Waals surface area contributed by atoms with Crippen LogP contribution in [0.15, 0.2) is 30.5 Å². The maximum atomic E-state index is 12.6. The van der Waals surface area contributed by atoms with E-state index in [2.05, 4.69) is 5.32 Å². The number of nitrogens with zero attached hydrogens (tertiary/aromatic N) is 1. The third-order valence-corrected chi connectivity index (χ3v) is 3.64. The molecule has 2 amide bonds. The van der Waals surface area contributed by atoms with Crippen molar-refractivity contribution in [3.05, 3.63) is 41.6 Å². The second kappa shape index (κ2) is 7.04. The van der Waals surface area contributed by atoms with E-state index < -0.39 is 30.6 Å². The molecule has 0 bridgehead atoms. The number of aliphatic carboxylic acids is 1. The maximum absolute atomic E-state index is 12.6. The lowest BCUT2D eigenvalue weighted by molar-refractivity contribution is -0.142. The Bertz CT molecular complexity index is 659. The first kappa shape index (κ1) is 16.7. The maximum Gasteiger partial charge on any atom is 0.328 e. The number of carboxylic acid groups (broad SMARTS) is 1. The molecule has 0 fully saturated rings. The standard InChI is InChI=1S/C16H17FN2O4/c1-10(20)19-7-6-11-4-2-3-5-12(11)14(19)8-15(21)18-13(9-17)16(22)23/h2-7,13-14H,8-9H2,1H3,(H,18,21)(H,22,23). The van der Waals surface area contributed by atoms with Crippen molar-refractivity contribution in [1.82, 2.24) is 10.2 Å². The first-order valence-electron chi connectivity index (χ1n) is 7.08. The molecule has 23 heavy (non-hydrogen) atoms. The van der Waals surface area contributed by atoms with Gasteiger partial charge in [-0.2, -0.15) is 0 Å². The van der Waals surface area contributed by atoms with Crippen LogP contribution in [0.2, 0.25) is 0 Å². The molecule has 0 saturated carbocycles. The summed E-state index contributed by atoms with van der Waals surface area (Å²) >= 11 is 0. The molecule has 2 unspecified atom stereocenters. The Kier molecular flexibility index (Phi) is 5.10. The number of benzene rings is 1. The molecule has 1 aliphatic rings. The lowest BCUT2D eigenvalue weighted by atomic mass is 9.93. The number of amides is 2. The quantitative estimate of drug-likeness (QED) is 0.860. The van der Waals surface area contributed by atoms with Gasteiger partial charge in [0.2, 0.25) is 11.8 Å². The highest BCUT2D eigenvalue weighted by Gasteiger charge is 2.29. The fraction of sp³-hybridized carbons (Fsp3) is 0.312. The molecule has 2 atom stereocenters. The van der Waals surface area contributed by atoms with Gasteiger partial charge in [0.05, 0.1) is 12.5 Å². The number of hydrogen-bond acceptors (Lipinski definition) is 3. The molecule has 2 N–H and O–H groups in total. The minimum absolute atomic E-state index is 0.148. The van der Waals surface area contributed by atoms with Gasteiger partial charge in [0.15, 0.2) is 6.04 Å². The number of alkyl halides is 1. The summed E-state index contributed by atoms with van der Waals surface area (Å²) in [5, 5.41) is 10.9. The largest absolute Gasteiger partial charge is 0.480 e. The zero-order valence-electron chi connectivity index (χ0n) is 12.5. The molecule has 7 heteroatoms. The van der Waals surface area contributed by atoms with Gasteiger partial charge in [0, 0.05) is 13.1 Å². The Morgan fingerprint density at radius 3 is 2.65 bits per heavy atom. The van der Waals surface area contributed by atoms with Crippen LogP contribution in [0, 0.1) is 0 Å². The number of carbonyl (C=O) groups excluding carboxylic acids is 2. The number of carbonyl (C=O) groups is 3. The molecular formula is C16H17FN2O4. The van der Waals surface area contributed by atoms with Crippen molar-refractivity contribution in [3.8, 4) is 0 Å². The van der Waals surface area contributed by atoms with E-state index in [1.165, 1.54) is 11.8 Å². The van der Waals surface area contributed by atoms with Crippen molar-refractivity contribution in [1.29, 1.82) is 0 Å². The number of rotatable bonds is 5. The summed E-state index contributed by atoms with van der Waals surface area (Å²) in [5.41, 5.74) is 1.66. The monoisotopic (exact) mass is 320 g/mol. The van der Waals surface area contributed by atoms with Crippen LogP contribution >= 0.6 is 0 Å². The van der Waals surface area contributed by atoms with E-state index in [1.807, 2.05) is 12.1 Å². The number of fused-ring (bicyclic) bond motifs is 1. The van der Waals surface area contributed by atoms with Gasteiger partial charge in [0.1, 0.15) is 6.67 Å². The predicted molar refractivity (Wildman–Crippen MR) is 80.9 cm³/mol. The molecule has 0 aromatic heterocycles. The summed E-state index contributed by atoms with van der Waals surface area (Å²) in [7, 11) is 0. The first-order chi connectivity index (χ1) is 10.9. The van der Waals surface area contributed by atoms with E-state index in [9.17, 15) is 18.8 Å². The molecular weight excluding hydrogens is 303 g/mol. The van der Waals surface area contributed by atoms with Crippen molar-refractivity contribution >= 4 is 23.9 Å². The Morgan fingerprint density at radius 2 is 2.04 bits per heavy atom. The summed E-state index contributed by atoms with van der Waals surface area (Å²) in [6.45, 7) is 0.184. The third-order valence-electron chi connectivity index (χ3n) is 3.64. The van der Waals surface area contributed by atoms with Crippen molar-refractivity contribution in [2.45, 2.75) is 25.4 Å². The van der Waals surface area contributed by atoms with E-state index in [1.54, 1.807) is 24.4 Å². The molecule has 1 aromatic rings. The van der Waals surface area contributed by atoms with Crippen LogP contribution in [-0.2, 0) is 14.4 Å². The topological polar surface area (TPSA) is 86.7 Å².